The molecule has 1 unspecified atom stereocenters. The lowest BCUT2D eigenvalue weighted by atomic mass is 9.93. The summed E-state index contributed by atoms with van der Waals surface area (Å²) in [6.07, 6.45) is 1.54. The number of likely N-dealkylation sites (tertiary alicyclic amines) is 1. The van der Waals surface area contributed by atoms with Crippen LogP contribution in [0.1, 0.15) is 38.6 Å². The molecule has 0 spiro atoms. The monoisotopic (exact) mass is 277 g/mol. The number of aliphatic hydroxyl groups is 1. The first-order chi connectivity index (χ1) is 9.50. The van der Waals surface area contributed by atoms with Gasteiger partial charge in [0.05, 0.1) is 0 Å². The summed E-state index contributed by atoms with van der Waals surface area (Å²) in [6, 6.07) is 6.55. The lowest BCUT2D eigenvalue weighted by Gasteiger charge is -2.38. The van der Waals surface area contributed by atoms with Crippen LogP contribution in [0.4, 0.5) is 4.39 Å². The van der Waals surface area contributed by atoms with E-state index in [1.807, 2.05) is 13.8 Å². The average Bonchev–Trinajstić information content (AvgIpc) is 3.07. The molecule has 1 aliphatic heterocycles. The zero-order valence-corrected chi connectivity index (χ0v) is 11.9. The summed E-state index contributed by atoms with van der Waals surface area (Å²) in [7, 11) is 0. The van der Waals surface area contributed by atoms with Gasteiger partial charge >= 0.3 is 0 Å². The predicted molar refractivity (Wildman–Crippen MR) is 76.0 cm³/mol. The van der Waals surface area contributed by atoms with Gasteiger partial charge in [0.15, 0.2) is 11.4 Å². The van der Waals surface area contributed by atoms with E-state index in [-0.39, 0.29) is 11.4 Å². The second-order valence-electron chi connectivity index (χ2n) is 6.06. The summed E-state index contributed by atoms with van der Waals surface area (Å²) in [6.45, 7) is 5.98. The summed E-state index contributed by atoms with van der Waals surface area (Å²) >= 11 is 0. The van der Waals surface area contributed by atoms with Gasteiger partial charge in [0.1, 0.15) is 11.9 Å². The van der Waals surface area contributed by atoms with E-state index in [1.165, 1.54) is 6.07 Å². The van der Waals surface area contributed by atoms with Crippen LogP contribution in [0.5, 0.6) is 0 Å². The van der Waals surface area contributed by atoms with Gasteiger partial charge < -0.3 is 9.52 Å². The van der Waals surface area contributed by atoms with Crippen LogP contribution in [0.3, 0.4) is 0 Å². The molecule has 108 valence electrons. The van der Waals surface area contributed by atoms with Crippen LogP contribution < -0.4 is 0 Å². The van der Waals surface area contributed by atoms with Crippen LogP contribution in [0.25, 0.3) is 11.0 Å². The average molecular weight is 277 g/mol. The molecule has 1 aliphatic rings. The molecule has 0 bridgehead atoms. The minimum absolute atomic E-state index is 0.221. The van der Waals surface area contributed by atoms with E-state index in [2.05, 4.69) is 4.90 Å². The molecule has 0 saturated carbocycles. The van der Waals surface area contributed by atoms with Crippen LogP contribution in [0.2, 0.25) is 0 Å². The number of para-hydroxylation sites is 1. The van der Waals surface area contributed by atoms with Gasteiger partial charge in [0, 0.05) is 10.9 Å². The summed E-state index contributed by atoms with van der Waals surface area (Å²) < 4.78 is 19.2. The highest BCUT2D eigenvalue weighted by atomic mass is 19.1. The Labute approximate surface area is 118 Å². The first-order valence-corrected chi connectivity index (χ1v) is 7.11. The zero-order chi connectivity index (χ0) is 14.3. The Morgan fingerprint density at radius 1 is 1.30 bits per heavy atom. The van der Waals surface area contributed by atoms with Gasteiger partial charge in [-0.25, -0.2) is 4.39 Å². The number of rotatable bonds is 3. The number of benzene rings is 1. The Hall–Kier alpha value is -1.39. The van der Waals surface area contributed by atoms with Crippen molar-refractivity contribution in [2.45, 2.75) is 38.3 Å². The van der Waals surface area contributed by atoms with Crippen LogP contribution >= 0.6 is 0 Å². The molecule has 1 fully saturated rings. The number of furan rings is 1. The normalized spacial score (nSPS) is 18.8. The third-order valence-electron chi connectivity index (χ3n) is 4.37. The van der Waals surface area contributed by atoms with Gasteiger partial charge in [-0.05, 0) is 51.9 Å². The third-order valence-corrected chi connectivity index (χ3v) is 4.37. The summed E-state index contributed by atoms with van der Waals surface area (Å²) in [5.41, 5.74) is -0.195. The van der Waals surface area contributed by atoms with E-state index in [9.17, 15) is 9.50 Å². The molecule has 0 radical (unpaired) electrons. The van der Waals surface area contributed by atoms with Gasteiger partial charge in [0.2, 0.25) is 0 Å². The molecule has 1 saturated heterocycles. The van der Waals surface area contributed by atoms with Crippen LogP contribution in [-0.2, 0) is 0 Å². The third kappa shape index (κ3) is 2.13. The number of halogens is 1. The summed E-state index contributed by atoms with van der Waals surface area (Å²) in [5.74, 6) is 0.0435. The van der Waals surface area contributed by atoms with Crippen LogP contribution in [0, 0.1) is 5.82 Å². The van der Waals surface area contributed by atoms with E-state index >= 15 is 0 Å². The molecule has 1 aromatic heterocycles. The number of nitrogens with zero attached hydrogens (tertiary/aromatic N) is 1. The molecule has 1 aromatic carbocycles. The smallest absolute Gasteiger partial charge is 0.170 e. The molecule has 4 heteroatoms. The van der Waals surface area contributed by atoms with Crippen molar-refractivity contribution in [3.8, 4) is 0 Å². The molecule has 20 heavy (non-hydrogen) atoms. The zero-order valence-electron chi connectivity index (χ0n) is 11.9. The maximum absolute atomic E-state index is 13.7. The first-order valence-electron chi connectivity index (χ1n) is 7.11. The van der Waals surface area contributed by atoms with Crippen molar-refractivity contribution in [3.05, 3.63) is 35.8 Å². The molecule has 2 aromatic rings. The first kappa shape index (κ1) is 13.6. The molecule has 0 amide bonds. The Morgan fingerprint density at radius 3 is 2.65 bits per heavy atom. The fourth-order valence-electron chi connectivity index (χ4n) is 3.00. The molecule has 1 N–H and O–H groups in total. The largest absolute Gasteiger partial charge is 0.455 e. The lowest BCUT2D eigenvalue weighted by molar-refractivity contribution is -0.0102. The van der Waals surface area contributed by atoms with Crippen LogP contribution in [0.15, 0.2) is 28.7 Å². The van der Waals surface area contributed by atoms with Gasteiger partial charge in [0.25, 0.3) is 0 Å². The van der Waals surface area contributed by atoms with Gasteiger partial charge in [-0.2, -0.15) is 0 Å². The SMILES string of the molecule is CC(C)(C(O)c1cc2cccc(F)c2o1)N1CCCC1. The van der Waals surface area contributed by atoms with Crippen molar-refractivity contribution < 1.29 is 13.9 Å². The number of fused-ring (bicyclic) bond motifs is 1. The van der Waals surface area contributed by atoms with Crippen molar-refractivity contribution in [2.24, 2.45) is 0 Å². The van der Waals surface area contributed by atoms with Crippen molar-refractivity contribution in [3.63, 3.8) is 0 Å². The Balaban J connectivity index is 1.95. The summed E-state index contributed by atoms with van der Waals surface area (Å²) in [4.78, 5) is 2.27. The second-order valence-corrected chi connectivity index (χ2v) is 6.06. The fourth-order valence-corrected chi connectivity index (χ4v) is 3.00. The van der Waals surface area contributed by atoms with Gasteiger partial charge in [-0.3, -0.25) is 4.90 Å². The lowest BCUT2D eigenvalue weighted by Crippen LogP contribution is -2.46. The number of hydrogen-bond acceptors (Lipinski definition) is 3. The van der Waals surface area contributed by atoms with E-state index in [0.29, 0.717) is 11.1 Å². The molecule has 0 aliphatic carbocycles. The number of aliphatic hydroxyl groups excluding tert-OH is 1. The van der Waals surface area contributed by atoms with Crippen LogP contribution in [-0.4, -0.2) is 28.6 Å². The van der Waals surface area contributed by atoms with E-state index in [4.69, 9.17) is 4.42 Å². The number of hydrogen-bond donors (Lipinski definition) is 1. The van der Waals surface area contributed by atoms with Crippen molar-refractivity contribution in [1.29, 1.82) is 0 Å². The molecule has 2 heterocycles. The van der Waals surface area contributed by atoms with Crippen molar-refractivity contribution >= 4 is 11.0 Å². The van der Waals surface area contributed by atoms with Gasteiger partial charge in [-0.15, -0.1) is 0 Å². The molecular formula is C16H20FNO2. The Bertz CT molecular complexity index is 614. The standard InChI is InChI=1S/C16H20FNO2/c1-16(2,18-8-3-4-9-18)15(19)13-10-11-6-5-7-12(17)14(11)20-13/h5-7,10,15,19H,3-4,8-9H2,1-2H3. The van der Waals surface area contributed by atoms with Crippen molar-refractivity contribution in [1.82, 2.24) is 4.90 Å². The van der Waals surface area contributed by atoms with E-state index in [1.54, 1.807) is 18.2 Å². The van der Waals surface area contributed by atoms with Gasteiger partial charge in [-0.1, -0.05) is 12.1 Å². The highest BCUT2D eigenvalue weighted by Gasteiger charge is 2.38. The molecular weight excluding hydrogens is 257 g/mol. The minimum Gasteiger partial charge on any atom is -0.455 e. The maximum Gasteiger partial charge on any atom is 0.170 e. The van der Waals surface area contributed by atoms with E-state index < -0.39 is 11.6 Å². The Kier molecular flexibility index (Phi) is 3.30. The van der Waals surface area contributed by atoms with E-state index in [0.717, 1.165) is 25.9 Å². The Morgan fingerprint density at radius 2 is 2.00 bits per heavy atom. The highest BCUT2D eigenvalue weighted by molar-refractivity contribution is 5.78. The molecule has 3 rings (SSSR count). The van der Waals surface area contributed by atoms with Crippen molar-refractivity contribution in [2.75, 3.05) is 13.1 Å². The quantitative estimate of drug-likeness (QED) is 0.933. The minimum atomic E-state index is -0.771. The molecule has 1 atom stereocenters. The summed E-state index contributed by atoms with van der Waals surface area (Å²) in [5, 5.41) is 11.3. The predicted octanol–water partition coefficient (Wildman–Crippen LogP) is 3.48. The molecule has 3 nitrogen and oxygen atoms in total. The highest BCUT2D eigenvalue weighted by Crippen LogP contribution is 2.36. The maximum atomic E-state index is 13.7. The second kappa shape index (κ2) is 4.86. The topological polar surface area (TPSA) is 36.6 Å². The fraction of sp³-hybridized carbons (Fsp3) is 0.500.